The third-order valence-corrected chi connectivity index (χ3v) is 3.81. The first kappa shape index (κ1) is 14.8. The summed E-state index contributed by atoms with van der Waals surface area (Å²) in [7, 11) is 0. The number of hydrogen-bond acceptors (Lipinski definition) is 7. The molecule has 0 radical (unpaired) electrons. The van der Waals surface area contributed by atoms with E-state index in [4.69, 9.17) is 8.94 Å². The minimum atomic E-state index is -0.617. The van der Waals surface area contributed by atoms with Gasteiger partial charge in [-0.05, 0) is 18.2 Å². The molecule has 0 N–H and O–H groups in total. The highest BCUT2D eigenvalue weighted by Gasteiger charge is 2.37. The highest BCUT2D eigenvalue weighted by molar-refractivity contribution is 6.21. The summed E-state index contributed by atoms with van der Waals surface area (Å²) in [5.41, 5.74) is 0.248. The smallest absolute Gasteiger partial charge is 0.270 e. The number of benzene rings is 1. The Bertz CT molecular complexity index is 1000. The van der Waals surface area contributed by atoms with Gasteiger partial charge in [-0.3, -0.25) is 24.6 Å². The predicted molar refractivity (Wildman–Crippen MR) is 81.5 cm³/mol. The molecule has 0 unspecified atom stereocenters. The summed E-state index contributed by atoms with van der Waals surface area (Å²) in [6.07, 6.45) is 1.48. The van der Waals surface area contributed by atoms with Crippen LogP contribution >= 0.6 is 0 Å². The number of nitro benzene ring substituents is 1. The van der Waals surface area contributed by atoms with Gasteiger partial charge in [-0.15, -0.1) is 0 Å². The highest BCUT2D eigenvalue weighted by Crippen LogP contribution is 2.28. The van der Waals surface area contributed by atoms with Crippen LogP contribution in [0.5, 0.6) is 0 Å². The van der Waals surface area contributed by atoms with Crippen LogP contribution in [0.4, 0.5) is 5.69 Å². The molecule has 9 nitrogen and oxygen atoms in total. The van der Waals surface area contributed by atoms with Gasteiger partial charge in [-0.1, -0.05) is 5.16 Å². The molecule has 0 saturated carbocycles. The van der Waals surface area contributed by atoms with E-state index in [-0.39, 0.29) is 23.4 Å². The van der Waals surface area contributed by atoms with Crippen molar-refractivity contribution in [2.24, 2.45) is 0 Å². The van der Waals surface area contributed by atoms with E-state index in [2.05, 4.69) is 5.16 Å². The normalized spacial score (nSPS) is 13.4. The number of amides is 2. The maximum absolute atomic E-state index is 12.4. The van der Waals surface area contributed by atoms with Crippen molar-refractivity contribution in [3.8, 4) is 11.5 Å². The van der Waals surface area contributed by atoms with Crippen molar-refractivity contribution < 1.29 is 23.5 Å². The lowest BCUT2D eigenvalue weighted by Crippen LogP contribution is -2.29. The Morgan fingerprint density at radius 2 is 1.88 bits per heavy atom. The van der Waals surface area contributed by atoms with Crippen LogP contribution in [0.3, 0.4) is 0 Å². The van der Waals surface area contributed by atoms with Gasteiger partial charge in [-0.25, -0.2) is 0 Å². The van der Waals surface area contributed by atoms with E-state index < -0.39 is 16.7 Å². The van der Waals surface area contributed by atoms with E-state index in [0.29, 0.717) is 17.2 Å². The van der Waals surface area contributed by atoms with E-state index in [1.54, 1.807) is 18.2 Å². The first-order chi connectivity index (χ1) is 12.0. The number of rotatable bonds is 4. The second-order valence-corrected chi connectivity index (χ2v) is 5.34. The second kappa shape index (κ2) is 5.41. The number of carbonyl (C=O) groups excluding carboxylic acids is 2. The number of furan rings is 1. The van der Waals surface area contributed by atoms with Crippen LogP contribution in [0.15, 0.2) is 51.6 Å². The minimum absolute atomic E-state index is 0.00829. The summed E-state index contributed by atoms with van der Waals surface area (Å²) in [5.74, 6) is -0.298. The van der Waals surface area contributed by atoms with E-state index in [9.17, 15) is 19.7 Å². The van der Waals surface area contributed by atoms with Crippen LogP contribution in [0.2, 0.25) is 0 Å². The number of nitro groups is 1. The standard InChI is InChI=1S/C16H9N3O6/c20-15-11-4-3-10(19(22)23)7-12(11)16(21)18(15)8-9-6-14(25-17-9)13-2-1-5-24-13/h1-7H,8H2. The molecule has 0 bridgehead atoms. The molecule has 9 heteroatoms. The number of fused-ring (bicyclic) bond motifs is 1. The first-order valence-corrected chi connectivity index (χ1v) is 7.18. The Morgan fingerprint density at radius 1 is 1.08 bits per heavy atom. The summed E-state index contributed by atoms with van der Waals surface area (Å²) < 4.78 is 10.3. The van der Waals surface area contributed by atoms with Crippen molar-refractivity contribution in [3.05, 3.63) is 69.6 Å². The average molecular weight is 339 g/mol. The van der Waals surface area contributed by atoms with Crippen LogP contribution in [0, 0.1) is 10.1 Å². The van der Waals surface area contributed by atoms with Gasteiger partial charge in [-0.2, -0.15) is 0 Å². The monoisotopic (exact) mass is 339 g/mol. The fourth-order valence-corrected chi connectivity index (χ4v) is 2.62. The van der Waals surface area contributed by atoms with E-state index in [0.717, 1.165) is 11.0 Å². The van der Waals surface area contributed by atoms with Crippen molar-refractivity contribution in [1.29, 1.82) is 0 Å². The fourth-order valence-electron chi connectivity index (χ4n) is 2.62. The zero-order chi connectivity index (χ0) is 17.6. The predicted octanol–water partition coefficient (Wildman–Crippen LogP) is 2.64. The molecule has 3 heterocycles. The Balaban J connectivity index is 1.61. The van der Waals surface area contributed by atoms with Crippen molar-refractivity contribution in [2.45, 2.75) is 6.54 Å². The number of imide groups is 1. The Hall–Kier alpha value is -3.75. The van der Waals surface area contributed by atoms with Crippen LogP contribution in [-0.4, -0.2) is 26.8 Å². The molecular formula is C16H9N3O6. The number of carbonyl (C=O) groups is 2. The first-order valence-electron chi connectivity index (χ1n) is 7.18. The second-order valence-electron chi connectivity index (χ2n) is 5.34. The third kappa shape index (κ3) is 2.38. The summed E-state index contributed by atoms with van der Waals surface area (Å²) in [6, 6.07) is 8.51. The molecule has 1 aliphatic heterocycles. The van der Waals surface area contributed by atoms with Crippen LogP contribution in [0.25, 0.3) is 11.5 Å². The third-order valence-electron chi connectivity index (χ3n) is 3.81. The molecule has 2 amide bonds. The molecule has 0 saturated heterocycles. The molecule has 3 aromatic rings. The van der Waals surface area contributed by atoms with Crippen LogP contribution < -0.4 is 0 Å². The summed E-state index contributed by atoms with van der Waals surface area (Å²) in [6.45, 7) is -0.107. The number of hydrogen-bond donors (Lipinski definition) is 0. The average Bonchev–Trinajstić information content (AvgIpc) is 3.32. The van der Waals surface area contributed by atoms with Crippen molar-refractivity contribution in [3.63, 3.8) is 0 Å². The lowest BCUT2D eigenvalue weighted by molar-refractivity contribution is -0.384. The van der Waals surface area contributed by atoms with Gasteiger partial charge in [0.15, 0.2) is 5.76 Å². The SMILES string of the molecule is O=C1c2ccc([N+](=O)[O-])cc2C(=O)N1Cc1cc(-c2ccco2)on1. The number of non-ortho nitro benzene ring substituents is 1. The van der Waals surface area contributed by atoms with Gasteiger partial charge in [0.2, 0.25) is 5.76 Å². The molecule has 0 aliphatic carbocycles. The Labute approximate surface area is 139 Å². The van der Waals surface area contributed by atoms with Gasteiger partial charge in [0.05, 0.1) is 28.9 Å². The summed E-state index contributed by atoms with van der Waals surface area (Å²) in [5, 5.41) is 14.7. The van der Waals surface area contributed by atoms with Crippen LogP contribution in [0.1, 0.15) is 26.4 Å². The largest absolute Gasteiger partial charge is 0.461 e. The van der Waals surface area contributed by atoms with Crippen molar-refractivity contribution in [1.82, 2.24) is 10.1 Å². The molecule has 25 heavy (non-hydrogen) atoms. The van der Waals surface area contributed by atoms with E-state index in [1.807, 2.05) is 0 Å². The lowest BCUT2D eigenvalue weighted by atomic mass is 10.1. The van der Waals surface area contributed by atoms with E-state index in [1.165, 1.54) is 18.4 Å². The van der Waals surface area contributed by atoms with Crippen LogP contribution in [-0.2, 0) is 6.54 Å². The number of nitrogens with zero attached hydrogens (tertiary/aromatic N) is 3. The Morgan fingerprint density at radius 3 is 2.60 bits per heavy atom. The highest BCUT2D eigenvalue weighted by atomic mass is 16.6. The van der Waals surface area contributed by atoms with Crippen molar-refractivity contribution >= 4 is 17.5 Å². The quantitative estimate of drug-likeness (QED) is 0.407. The molecule has 4 rings (SSSR count). The topological polar surface area (TPSA) is 120 Å². The molecular weight excluding hydrogens is 330 g/mol. The molecule has 0 fully saturated rings. The molecule has 1 aliphatic rings. The van der Waals surface area contributed by atoms with Crippen molar-refractivity contribution in [2.75, 3.05) is 0 Å². The fraction of sp³-hybridized carbons (Fsp3) is 0.0625. The molecule has 0 spiro atoms. The summed E-state index contributed by atoms with van der Waals surface area (Å²) >= 11 is 0. The van der Waals surface area contributed by atoms with Gasteiger partial charge < -0.3 is 8.94 Å². The maximum Gasteiger partial charge on any atom is 0.270 e. The van der Waals surface area contributed by atoms with Gasteiger partial charge in [0.25, 0.3) is 17.5 Å². The number of aromatic nitrogens is 1. The Kier molecular flexibility index (Phi) is 3.21. The van der Waals surface area contributed by atoms with Gasteiger partial charge in [0, 0.05) is 18.2 Å². The minimum Gasteiger partial charge on any atom is -0.461 e. The molecule has 0 atom stereocenters. The zero-order valence-corrected chi connectivity index (χ0v) is 12.5. The zero-order valence-electron chi connectivity index (χ0n) is 12.5. The molecule has 2 aromatic heterocycles. The maximum atomic E-state index is 12.4. The molecule has 1 aromatic carbocycles. The lowest BCUT2D eigenvalue weighted by Gasteiger charge is -2.10. The van der Waals surface area contributed by atoms with Gasteiger partial charge >= 0.3 is 0 Å². The molecule has 124 valence electrons. The van der Waals surface area contributed by atoms with E-state index >= 15 is 0 Å². The van der Waals surface area contributed by atoms with Gasteiger partial charge in [0.1, 0.15) is 5.69 Å². The summed E-state index contributed by atoms with van der Waals surface area (Å²) in [4.78, 5) is 36.0.